The normalized spacial score (nSPS) is 11.7. The quantitative estimate of drug-likeness (QED) is 0.759. The summed E-state index contributed by atoms with van der Waals surface area (Å²) in [6.07, 6.45) is 0. The number of nitrogen functional groups attached to an aromatic ring is 1. The van der Waals surface area contributed by atoms with Crippen molar-refractivity contribution in [3.05, 3.63) is 48.5 Å². The molecule has 5 nitrogen and oxygen atoms in total. The van der Waals surface area contributed by atoms with Crippen molar-refractivity contribution in [2.45, 2.75) is 16.7 Å². The second kappa shape index (κ2) is 6.90. The Hall–Kier alpha value is -2.34. The summed E-state index contributed by atoms with van der Waals surface area (Å²) in [5.41, 5.74) is 6.78. The lowest BCUT2D eigenvalue weighted by Gasteiger charge is -2.10. The van der Waals surface area contributed by atoms with Crippen LogP contribution in [0.15, 0.2) is 58.3 Å². The van der Waals surface area contributed by atoms with E-state index in [0.717, 1.165) is 0 Å². The number of rotatable bonds is 4. The molecule has 0 fully saturated rings. The van der Waals surface area contributed by atoms with Crippen LogP contribution in [0.5, 0.6) is 0 Å². The SMILES string of the molecule is CCNC(=O)Nc1ccc(S(=O)c2ccccc2)cc1N. The van der Waals surface area contributed by atoms with Crippen molar-refractivity contribution in [1.82, 2.24) is 5.32 Å². The molecule has 110 valence electrons. The maximum Gasteiger partial charge on any atom is 0.319 e. The average molecular weight is 303 g/mol. The van der Waals surface area contributed by atoms with Crippen molar-refractivity contribution in [2.75, 3.05) is 17.6 Å². The highest BCUT2D eigenvalue weighted by molar-refractivity contribution is 7.85. The van der Waals surface area contributed by atoms with Gasteiger partial charge in [0.25, 0.3) is 0 Å². The standard InChI is InChI=1S/C15H17N3O2S/c1-2-17-15(19)18-14-9-8-12(10-13(14)16)21(20)11-6-4-3-5-7-11/h3-10H,2,16H2,1H3,(H2,17,18,19). The van der Waals surface area contributed by atoms with E-state index in [1.807, 2.05) is 25.1 Å². The summed E-state index contributed by atoms with van der Waals surface area (Å²) in [7, 11) is -1.29. The number of nitrogens with two attached hydrogens (primary N) is 1. The van der Waals surface area contributed by atoms with E-state index in [1.54, 1.807) is 30.3 Å². The molecule has 0 spiro atoms. The number of anilines is 2. The number of carbonyl (C=O) groups is 1. The smallest absolute Gasteiger partial charge is 0.319 e. The molecular formula is C15H17N3O2S. The van der Waals surface area contributed by atoms with Gasteiger partial charge in [-0.1, -0.05) is 18.2 Å². The summed E-state index contributed by atoms with van der Waals surface area (Å²) in [5.74, 6) is 0. The molecule has 0 bridgehead atoms. The number of hydrogen-bond donors (Lipinski definition) is 3. The lowest BCUT2D eigenvalue weighted by molar-refractivity contribution is 0.252. The number of hydrogen-bond acceptors (Lipinski definition) is 3. The van der Waals surface area contributed by atoms with Gasteiger partial charge in [0, 0.05) is 16.3 Å². The lowest BCUT2D eigenvalue weighted by atomic mass is 10.3. The van der Waals surface area contributed by atoms with E-state index in [4.69, 9.17) is 5.73 Å². The fourth-order valence-corrected chi connectivity index (χ4v) is 2.88. The molecule has 0 aliphatic carbocycles. The molecule has 2 amide bonds. The first kappa shape index (κ1) is 15.1. The molecule has 6 heteroatoms. The number of carbonyl (C=O) groups excluding carboxylic acids is 1. The molecule has 0 saturated heterocycles. The fraction of sp³-hybridized carbons (Fsp3) is 0.133. The largest absolute Gasteiger partial charge is 0.397 e. The monoisotopic (exact) mass is 303 g/mol. The summed E-state index contributed by atoms with van der Waals surface area (Å²) in [4.78, 5) is 12.8. The van der Waals surface area contributed by atoms with Crippen LogP contribution in [0, 0.1) is 0 Å². The van der Waals surface area contributed by atoms with E-state index in [1.165, 1.54) is 0 Å². The Morgan fingerprint density at radius 3 is 2.48 bits per heavy atom. The Morgan fingerprint density at radius 1 is 1.14 bits per heavy atom. The first-order chi connectivity index (χ1) is 10.1. The summed E-state index contributed by atoms with van der Waals surface area (Å²) in [5, 5.41) is 5.26. The molecule has 0 aromatic heterocycles. The lowest BCUT2D eigenvalue weighted by Crippen LogP contribution is -2.28. The predicted octanol–water partition coefficient (Wildman–Crippen LogP) is 2.58. The van der Waals surface area contributed by atoms with Gasteiger partial charge in [-0.2, -0.15) is 0 Å². The Kier molecular flexibility index (Phi) is 4.94. The maximum absolute atomic E-state index is 12.4. The maximum atomic E-state index is 12.4. The van der Waals surface area contributed by atoms with Gasteiger partial charge in [-0.05, 0) is 37.3 Å². The van der Waals surface area contributed by atoms with Crippen LogP contribution in [0.1, 0.15) is 6.92 Å². The Balaban J connectivity index is 2.19. The van der Waals surface area contributed by atoms with Crippen LogP contribution in [0.3, 0.4) is 0 Å². The van der Waals surface area contributed by atoms with Gasteiger partial charge in [0.1, 0.15) is 0 Å². The molecular weight excluding hydrogens is 286 g/mol. The number of benzene rings is 2. The summed E-state index contributed by atoms with van der Waals surface area (Å²) >= 11 is 0. The third-order valence-electron chi connectivity index (χ3n) is 2.78. The molecule has 0 aliphatic rings. The van der Waals surface area contributed by atoms with Crippen molar-refractivity contribution in [3.8, 4) is 0 Å². The number of urea groups is 1. The van der Waals surface area contributed by atoms with Crippen LogP contribution in [-0.4, -0.2) is 16.8 Å². The Morgan fingerprint density at radius 2 is 1.86 bits per heavy atom. The zero-order valence-corrected chi connectivity index (χ0v) is 12.4. The molecule has 2 aromatic carbocycles. The first-order valence-corrected chi connectivity index (χ1v) is 7.68. The molecule has 2 rings (SSSR count). The van der Waals surface area contributed by atoms with Gasteiger partial charge in [0.05, 0.1) is 22.2 Å². The van der Waals surface area contributed by atoms with Crippen molar-refractivity contribution in [2.24, 2.45) is 0 Å². The minimum absolute atomic E-state index is 0.318. The molecule has 0 radical (unpaired) electrons. The van der Waals surface area contributed by atoms with E-state index in [9.17, 15) is 9.00 Å². The minimum Gasteiger partial charge on any atom is -0.397 e. The molecule has 2 aromatic rings. The third kappa shape index (κ3) is 3.82. The summed E-state index contributed by atoms with van der Waals surface area (Å²) in [6, 6.07) is 13.8. The molecule has 21 heavy (non-hydrogen) atoms. The van der Waals surface area contributed by atoms with Gasteiger partial charge < -0.3 is 16.4 Å². The Labute approximate surface area is 126 Å². The van der Waals surface area contributed by atoms with Gasteiger partial charge >= 0.3 is 6.03 Å². The van der Waals surface area contributed by atoms with Crippen LogP contribution in [0.4, 0.5) is 16.2 Å². The van der Waals surface area contributed by atoms with E-state index >= 15 is 0 Å². The van der Waals surface area contributed by atoms with E-state index in [0.29, 0.717) is 27.7 Å². The van der Waals surface area contributed by atoms with Crippen molar-refractivity contribution >= 4 is 28.2 Å². The minimum atomic E-state index is -1.29. The van der Waals surface area contributed by atoms with Crippen molar-refractivity contribution in [3.63, 3.8) is 0 Å². The van der Waals surface area contributed by atoms with Gasteiger partial charge in [-0.25, -0.2) is 9.00 Å². The average Bonchev–Trinajstić information content (AvgIpc) is 2.50. The van der Waals surface area contributed by atoms with Crippen LogP contribution >= 0.6 is 0 Å². The molecule has 4 N–H and O–H groups in total. The molecule has 0 aliphatic heterocycles. The topological polar surface area (TPSA) is 84.2 Å². The summed E-state index contributed by atoms with van der Waals surface area (Å²) < 4.78 is 12.4. The zero-order valence-electron chi connectivity index (χ0n) is 11.6. The van der Waals surface area contributed by atoms with Crippen LogP contribution in [0.2, 0.25) is 0 Å². The van der Waals surface area contributed by atoms with Crippen molar-refractivity contribution in [1.29, 1.82) is 0 Å². The highest BCUT2D eigenvalue weighted by atomic mass is 32.2. The summed E-state index contributed by atoms with van der Waals surface area (Å²) in [6.45, 7) is 2.36. The highest BCUT2D eigenvalue weighted by Gasteiger charge is 2.10. The van der Waals surface area contributed by atoms with Gasteiger partial charge in [-0.3, -0.25) is 0 Å². The van der Waals surface area contributed by atoms with Gasteiger partial charge in [0.2, 0.25) is 0 Å². The molecule has 0 saturated carbocycles. The Bertz CT molecular complexity index is 659. The van der Waals surface area contributed by atoms with E-state index in [2.05, 4.69) is 10.6 Å². The van der Waals surface area contributed by atoms with E-state index < -0.39 is 10.8 Å². The van der Waals surface area contributed by atoms with Crippen molar-refractivity contribution < 1.29 is 9.00 Å². The van der Waals surface area contributed by atoms with Crippen LogP contribution in [-0.2, 0) is 10.8 Å². The molecule has 1 atom stereocenters. The second-order valence-corrected chi connectivity index (χ2v) is 5.80. The third-order valence-corrected chi connectivity index (χ3v) is 4.16. The zero-order chi connectivity index (χ0) is 15.2. The van der Waals surface area contributed by atoms with Gasteiger partial charge in [-0.15, -0.1) is 0 Å². The number of amides is 2. The second-order valence-electron chi connectivity index (χ2n) is 4.32. The van der Waals surface area contributed by atoms with Gasteiger partial charge in [0.15, 0.2) is 0 Å². The highest BCUT2D eigenvalue weighted by Crippen LogP contribution is 2.24. The van der Waals surface area contributed by atoms with Crippen LogP contribution < -0.4 is 16.4 Å². The number of nitrogens with one attached hydrogen (secondary N) is 2. The van der Waals surface area contributed by atoms with E-state index in [-0.39, 0.29) is 6.03 Å². The first-order valence-electron chi connectivity index (χ1n) is 6.53. The van der Waals surface area contributed by atoms with Crippen LogP contribution in [0.25, 0.3) is 0 Å². The predicted molar refractivity (Wildman–Crippen MR) is 84.7 cm³/mol. The molecule has 0 heterocycles. The fourth-order valence-electron chi connectivity index (χ4n) is 1.78. The molecule has 1 unspecified atom stereocenters.